The highest BCUT2D eigenvalue weighted by atomic mass is 35.5. The summed E-state index contributed by atoms with van der Waals surface area (Å²) in [6.07, 6.45) is 1.72. The summed E-state index contributed by atoms with van der Waals surface area (Å²) in [7, 11) is 1.61. The summed E-state index contributed by atoms with van der Waals surface area (Å²) < 4.78 is 12.1. The van der Waals surface area contributed by atoms with Crippen LogP contribution in [-0.2, 0) is 0 Å². The van der Waals surface area contributed by atoms with Crippen molar-refractivity contribution in [2.75, 3.05) is 7.11 Å². The number of nitrogens with zero attached hydrogens (tertiary/aromatic N) is 5. The Morgan fingerprint density at radius 2 is 1.96 bits per heavy atom. The lowest BCUT2D eigenvalue weighted by atomic mass is 10.2. The maximum absolute atomic E-state index is 6.00. The van der Waals surface area contributed by atoms with Crippen molar-refractivity contribution in [1.29, 1.82) is 0 Å². The molecule has 0 unspecified atom stereocenters. The molecule has 0 N–H and O–H groups in total. The molecule has 2 heterocycles. The summed E-state index contributed by atoms with van der Waals surface area (Å²) in [5.74, 6) is 1.52. The van der Waals surface area contributed by atoms with Crippen molar-refractivity contribution in [2.45, 2.75) is 0 Å². The fraction of sp³-hybridized carbons (Fsp3) is 0.0588. The second kappa shape index (κ2) is 6.37. The number of aromatic nitrogens is 5. The number of hydrogen-bond donors (Lipinski definition) is 0. The van der Waals surface area contributed by atoms with Crippen molar-refractivity contribution in [2.24, 2.45) is 0 Å². The molecule has 7 nitrogen and oxygen atoms in total. The van der Waals surface area contributed by atoms with E-state index >= 15 is 0 Å². The van der Waals surface area contributed by atoms with Crippen LogP contribution in [0.15, 0.2) is 59.3 Å². The van der Waals surface area contributed by atoms with Crippen molar-refractivity contribution in [1.82, 2.24) is 25.1 Å². The van der Waals surface area contributed by atoms with Crippen LogP contribution >= 0.6 is 11.6 Å². The molecule has 2 aromatic carbocycles. The summed E-state index contributed by atoms with van der Waals surface area (Å²) in [6.45, 7) is 0. The third kappa shape index (κ3) is 3.09. The maximum Gasteiger partial charge on any atom is 0.258 e. The van der Waals surface area contributed by atoms with E-state index in [0.717, 1.165) is 17.0 Å². The third-order valence-electron chi connectivity index (χ3n) is 3.56. The molecule has 0 spiro atoms. The minimum Gasteiger partial charge on any atom is -0.497 e. The Labute approximate surface area is 147 Å². The highest BCUT2D eigenvalue weighted by Gasteiger charge is 2.14. The van der Waals surface area contributed by atoms with E-state index in [1.54, 1.807) is 30.1 Å². The van der Waals surface area contributed by atoms with Gasteiger partial charge in [0.2, 0.25) is 5.82 Å². The van der Waals surface area contributed by atoms with Crippen molar-refractivity contribution >= 4 is 11.6 Å². The zero-order valence-corrected chi connectivity index (χ0v) is 13.9. The molecule has 0 saturated heterocycles. The van der Waals surface area contributed by atoms with E-state index in [2.05, 4.69) is 20.5 Å². The Bertz CT molecular complexity index is 1010. The highest BCUT2D eigenvalue weighted by Crippen LogP contribution is 2.23. The van der Waals surface area contributed by atoms with E-state index < -0.39 is 0 Å². The summed E-state index contributed by atoms with van der Waals surface area (Å²) >= 11 is 6.00. The first-order valence-electron chi connectivity index (χ1n) is 7.40. The minimum atomic E-state index is 0.360. The summed E-state index contributed by atoms with van der Waals surface area (Å²) in [6, 6.07) is 14.7. The molecule has 0 aliphatic carbocycles. The molecule has 0 radical (unpaired) electrons. The van der Waals surface area contributed by atoms with Crippen LogP contribution in [0.5, 0.6) is 5.75 Å². The topological polar surface area (TPSA) is 78.9 Å². The molecule has 4 aromatic rings. The second-order valence-electron chi connectivity index (χ2n) is 5.18. The van der Waals surface area contributed by atoms with Gasteiger partial charge in [-0.3, -0.25) is 0 Å². The van der Waals surface area contributed by atoms with Crippen molar-refractivity contribution < 1.29 is 9.26 Å². The molecule has 0 fully saturated rings. The van der Waals surface area contributed by atoms with Crippen LogP contribution in [-0.4, -0.2) is 32.2 Å². The van der Waals surface area contributed by atoms with Crippen molar-refractivity contribution in [3.63, 3.8) is 0 Å². The summed E-state index contributed by atoms with van der Waals surface area (Å²) in [4.78, 5) is 4.37. The van der Waals surface area contributed by atoms with Gasteiger partial charge in [-0.05, 0) is 42.5 Å². The van der Waals surface area contributed by atoms with E-state index in [9.17, 15) is 0 Å². The van der Waals surface area contributed by atoms with Crippen LogP contribution in [0.3, 0.4) is 0 Å². The molecular formula is C17H12ClN5O2. The van der Waals surface area contributed by atoms with Gasteiger partial charge in [-0.25, -0.2) is 4.68 Å². The van der Waals surface area contributed by atoms with Crippen LogP contribution in [0.4, 0.5) is 0 Å². The third-order valence-corrected chi connectivity index (χ3v) is 3.79. The Balaban J connectivity index is 1.62. The van der Waals surface area contributed by atoms with Crippen molar-refractivity contribution in [3.05, 3.63) is 59.8 Å². The van der Waals surface area contributed by atoms with Crippen LogP contribution in [0, 0.1) is 0 Å². The molecule has 8 heteroatoms. The fourth-order valence-electron chi connectivity index (χ4n) is 2.29. The predicted molar refractivity (Wildman–Crippen MR) is 91.6 cm³/mol. The standard InChI is InChI=1S/C17H12ClN5O2/c1-24-14-7-5-11(6-8-14)17-19-16(21-25-17)15-10-23(22-20-15)13-4-2-3-12(18)9-13/h2-10H,1H3. The van der Waals surface area contributed by atoms with E-state index in [0.29, 0.717) is 22.4 Å². The first kappa shape index (κ1) is 15.3. The van der Waals surface area contributed by atoms with Gasteiger partial charge in [-0.15, -0.1) is 5.10 Å². The molecule has 124 valence electrons. The number of benzene rings is 2. The lowest BCUT2D eigenvalue weighted by Gasteiger charge is -1.99. The Hall–Kier alpha value is -3.19. The average molecular weight is 354 g/mol. The van der Waals surface area contributed by atoms with Gasteiger partial charge in [0.15, 0.2) is 5.69 Å². The fourth-order valence-corrected chi connectivity index (χ4v) is 2.47. The number of rotatable bonds is 4. The molecule has 0 amide bonds. The quantitative estimate of drug-likeness (QED) is 0.557. The Kier molecular flexibility index (Phi) is 3.91. The van der Waals surface area contributed by atoms with Gasteiger partial charge in [0, 0.05) is 10.6 Å². The number of halogens is 1. The smallest absolute Gasteiger partial charge is 0.258 e. The Morgan fingerprint density at radius 3 is 2.72 bits per heavy atom. The lowest BCUT2D eigenvalue weighted by Crippen LogP contribution is -1.93. The van der Waals surface area contributed by atoms with E-state index in [-0.39, 0.29) is 0 Å². The summed E-state index contributed by atoms with van der Waals surface area (Å²) in [5.41, 5.74) is 2.09. The molecule has 2 aromatic heterocycles. The van der Waals surface area contributed by atoms with E-state index in [1.807, 2.05) is 36.4 Å². The van der Waals surface area contributed by atoms with E-state index in [1.165, 1.54) is 0 Å². The molecule has 25 heavy (non-hydrogen) atoms. The van der Waals surface area contributed by atoms with Crippen LogP contribution in [0.25, 0.3) is 28.7 Å². The summed E-state index contributed by atoms with van der Waals surface area (Å²) in [5, 5.41) is 12.8. The maximum atomic E-state index is 6.00. The van der Waals surface area contributed by atoms with Gasteiger partial charge in [-0.1, -0.05) is 28.0 Å². The molecule has 4 rings (SSSR count). The van der Waals surface area contributed by atoms with Gasteiger partial charge in [0.1, 0.15) is 5.75 Å². The van der Waals surface area contributed by atoms with Gasteiger partial charge < -0.3 is 9.26 Å². The SMILES string of the molecule is COc1ccc(-c2nc(-c3cn(-c4cccc(Cl)c4)nn3)no2)cc1. The van der Waals surface area contributed by atoms with Crippen LogP contribution in [0.1, 0.15) is 0 Å². The predicted octanol–water partition coefficient (Wildman–Crippen LogP) is 3.65. The lowest BCUT2D eigenvalue weighted by molar-refractivity contribution is 0.414. The average Bonchev–Trinajstić information content (AvgIpc) is 3.31. The number of methoxy groups -OCH3 is 1. The number of hydrogen-bond acceptors (Lipinski definition) is 6. The molecule has 0 aliphatic heterocycles. The Morgan fingerprint density at radius 1 is 1.12 bits per heavy atom. The number of ether oxygens (including phenoxy) is 1. The highest BCUT2D eigenvalue weighted by molar-refractivity contribution is 6.30. The van der Waals surface area contributed by atoms with Gasteiger partial charge in [-0.2, -0.15) is 4.98 Å². The molecule has 0 aliphatic rings. The van der Waals surface area contributed by atoms with Gasteiger partial charge >= 0.3 is 0 Å². The van der Waals surface area contributed by atoms with E-state index in [4.69, 9.17) is 20.9 Å². The second-order valence-corrected chi connectivity index (χ2v) is 5.62. The molecule has 0 bridgehead atoms. The zero-order chi connectivity index (χ0) is 17.2. The molecule has 0 saturated carbocycles. The van der Waals surface area contributed by atoms with Crippen LogP contribution < -0.4 is 4.74 Å². The van der Waals surface area contributed by atoms with Crippen molar-refractivity contribution in [3.8, 4) is 34.4 Å². The first-order chi connectivity index (χ1) is 12.2. The monoisotopic (exact) mass is 353 g/mol. The van der Waals surface area contributed by atoms with Gasteiger partial charge in [0.05, 0.1) is 19.0 Å². The normalized spacial score (nSPS) is 10.8. The van der Waals surface area contributed by atoms with Gasteiger partial charge in [0.25, 0.3) is 5.89 Å². The molecule has 0 atom stereocenters. The zero-order valence-electron chi connectivity index (χ0n) is 13.1. The van der Waals surface area contributed by atoms with Crippen LogP contribution in [0.2, 0.25) is 5.02 Å². The minimum absolute atomic E-state index is 0.360. The molecular weight excluding hydrogens is 342 g/mol. The largest absolute Gasteiger partial charge is 0.497 e. The first-order valence-corrected chi connectivity index (χ1v) is 7.77.